The minimum atomic E-state index is 0.201. The molecule has 1 heterocycles. The van der Waals surface area contributed by atoms with Gasteiger partial charge in [-0.1, -0.05) is 15.9 Å². The normalized spacial score (nSPS) is 20.8. The van der Waals surface area contributed by atoms with Crippen LogP contribution in [0.5, 0.6) is 0 Å². The van der Waals surface area contributed by atoms with Crippen molar-refractivity contribution in [3.05, 3.63) is 24.1 Å². The topological polar surface area (TPSA) is 56.5 Å². The molecule has 0 aromatic heterocycles. The zero-order valence-corrected chi connectivity index (χ0v) is 8.79. The van der Waals surface area contributed by atoms with E-state index in [0.29, 0.717) is 13.2 Å². The summed E-state index contributed by atoms with van der Waals surface area (Å²) >= 11 is 3.37. The Hall–Kier alpha value is -0.520. The summed E-state index contributed by atoms with van der Waals surface area (Å²) in [6.07, 6.45) is 6.50. The highest BCUT2D eigenvalue weighted by Crippen LogP contribution is 2.09. The van der Waals surface area contributed by atoms with Crippen LogP contribution in [0.1, 0.15) is 6.42 Å². The van der Waals surface area contributed by atoms with Crippen molar-refractivity contribution in [2.24, 2.45) is 5.90 Å². The minimum Gasteiger partial charge on any atom is -0.492 e. The molecule has 0 amide bonds. The summed E-state index contributed by atoms with van der Waals surface area (Å²) < 4.78 is 5.39. The van der Waals surface area contributed by atoms with E-state index >= 15 is 0 Å². The van der Waals surface area contributed by atoms with Crippen molar-refractivity contribution in [1.82, 2.24) is 5.32 Å². The third-order valence-corrected chi connectivity index (χ3v) is 2.06. The Bertz CT molecular complexity index is 206. The average molecular weight is 249 g/mol. The van der Waals surface area contributed by atoms with Gasteiger partial charge in [-0.25, -0.2) is 5.90 Å². The number of rotatable bonds is 5. The molecule has 5 heteroatoms. The van der Waals surface area contributed by atoms with E-state index < -0.39 is 0 Å². The van der Waals surface area contributed by atoms with Gasteiger partial charge in [0.05, 0.1) is 13.2 Å². The van der Waals surface area contributed by atoms with Crippen LogP contribution in [0.2, 0.25) is 0 Å². The zero-order valence-electron chi connectivity index (χ0n) is 7.20. The Morgan fingerprint density at radius 2 is 2.38 bits per heavy atom. The van der Waals surface area contributed by atoms with E-state index in [4.69, 9.17) is 10.6 Å². The monoisotopic (exact) mass is 248 g/mol. The van der Waals surface area contributed by atoms with Crippen LogP contribution < -0.4 is 11.2 Å². The first-order valence-corrected chi connectivity index (χ1v) is 4.97. The van der Waals surface area contributed by atoms with Gasteiger partial charge in [-0.05, 0) is 12.2 Å². The molecule has 0 saturated carbocycles. The van der Waals surface area contributed by atoms with Crippen LogP contribution in [-0.2, 0) is 9.57 Å². The summed E-state index contributed by atoms with van der Waals surface area (Å²) in [4.78, 5) is 4.61. The van der Waals surface area contributed by atoms with Gasteiger partial charge in [0.15, 0.2) is 0 Å². The molecule has 0 aromatic rings. The average Bonchev–Trinajstić information content (AvgIpc) is 2.15. The van der Waals surface area contributed by atoms with Gasteiger partial charge in [-0.15, -0.1) is 0 Å². The molecule has 0 aliphatic carbocycles. The lowest BCUT2D eigenvalue weighted by Gasteiger charge is -2.13. The molecule has 1 unspecified atom stereocenters. The highest BCUT2D eigenvalue weighted by molar-refractivity contribution is 9.09. The molecule has 1 rings (SSSR count). The first-order valence-electron chi connectivity index (χ1n) is 4.06. The van der Waals surface area contributed by atoms with Crippen molar-refractivity contribution < 1.29 is 9.57 Å². The predicted octanol–water partition coefficient (Wildman–Crippen LogP) is 1.01. The van der Waals surface area contributed by atoms with Gasteiger partial charge < -0.3 is 14.9 Å². The number of nitrogens with one attached hydrogen (secondary N) is 1. The first kappa shape index (κ1) is 10.6. The van der Waals surface area contributed by atoms with Crippen LogP contribution in [0.4, 0.5) is 0 Å². The minimum absolute atomic E-state index is 0.201. The van der Waals surface area contributed by atoms with E-state index in [9.17, 15) is 0 Å². The van der Waals surface area contributed by atoms with Crippen LogP contribution in [-0.4, -0.2) is 18.2 Å². The van der Waals surface area contributed by atoms with Gasteiger partial charge in [-0.3, -0.25) is 0 Å². The molecular weight excluding hydrogens is 236 g/mol. The number of hydrogen-bond acceptors (Lipinski definition) is 4. The SMILES string of the molecule is NOCCCOC1=CNC(Br)C=C1. The fourth-order valence-corrected chi connectivity index (χ4v) is 1.15. The van der Waals surface area contributed by atoms with Crippen molar-refractivity contribution in [3.63, 3.8) is 0 Å². The Kier molecular flexibility index (Phi) is 4.88. The molecule has 1 aliphatic heterocycles. The van der Waals surface area contributed by atoms with E-state index in [0.717, 1.165) is 12.2 Å². The molecule has 3 N–H and O–H groups in total. The maximum atomic E-state index is 5.39. The van der Waals surface area contributed by atoms with E-state index in [2.05, 4.69) is 26.1 Å². The smallest absolute Gasteiger partial charge is 0.134 e. The number of hydrogen-bond donors (Lipinski definition) is 2. The van der Waals surface area contributed by atoms with E-state index in [1.807, 2.05) is 18.4 Å². The van der Waals surface area contributed by atoms with Crippen LogP contribution in [0.3, 0.4) is 0 Å². The molecule has 13 heavy (non-hydrogen) atoms. The molecular formula is C8H13BrN2O2. The summed E-state index contributed by atoms with van der Waals surface area (Å²) in [5.74, 6) is 5.69. The highest BCUT2D eigenvalue weighted by Gasteiger charge is 2.03. The van der Waals surface area contributed by atoms with Gasteiger partial charge in [-0.2, -0.15) is 0 Å². The second-order valence-corrected chi connectivity index (χ2v) is 3.53. The Labute approximate surface area is 85.8 Å². The fraction of sp³-hybridized carbons (Fsp3) is 0.500. The third kappa shape index (κ3) is 4.31. The molecule has 4 nitrogen and oxygen atoms in total. The van der Waals surface area contributed by atoms with Gasteiger partial charge in [0.2, 0.25) is 0 Å². The van der Waals surface area contributed by atoms with E-state index in [-0.39, 0.29) is 4.95 Å². The zero-order chi connectivity index (χ0) is 9.52. The Morgan fingerprint density at radius 3 is 3.00 bits per heavy atom. The molecule has 0 aromatic carbocycles. The lowest BCUT2D eigenvalue weighted by molar-refractivity contribution is 0.110. The number of alkyl halides is 1. The Balaban J connectivity index is 2.12. The highest BCUT2D eigenvalue weighted by atomic mass is 79.9. The summed E-state index contributed by atoms with van der Waals surface area (Å²) in [6.45, 7) is 1.13. The second kappa shape index (κ2) is 6.01. The van der Waals surface area contributed by atoms with Gasteiger partial charge >= 0.3 is 0 Å². The molecule has 1 aliphatic rings. The van der Waals surface area contributed by atoms with Crippen molar-refractivity contribution in [3.8, 4) is 0 Å². The number of halogens is 1. The van der Waals surface area contributed by atoms with E-state index in [1.165, 1.54) is 0 Å². The first-order chi connectivity index (χ1) is 6.33. The van der Waals surface area contributed by atoms with Crippen molar-refractivity contribution in [1.29, 1.82) is 0 Å². The molecule has 0 saturated heterocycles. The quantitative estimate of drug-likeness (QED) is 0.330. The summed E-state index contributed by atoms with van der Waals surface area (Å²) in [5, 5.41) is 3.06. The van der Waals surface area contributed by atoms with Crippen molar-refractivity contribution >= 4 is 15.9 Å². The van der Waals surface area contributed by atoms with E-state index in [1.54, 1.807) is 0 Å². The molecule has 0 spiro atoms. The molecule has 74 valence electrons. The van der Waals surface area contributed by atoms with Crippen molar-refractivity contribution in [2.75, 3.05) is 13.2 Å². The number of allylic oxidation sites excluding steroid dienone is 1. The van der Waals surface area contributed by atoms with Crippen LogP contribution in [0, 0.1) is 0 Å². The largest absolute Gasteiger partial charge is 0.492 e. The van der Waals surface area contributed by atoms with Crippen molar-refractivity contribution in [2.45, 2.75) is 11.4 Å². The fourth-order valence-electron chi connectivity index (χ4n) is 0.867. The lowest BCUT2D eigenvalue weighted by Crippen LogP contribution is -2.18. The standard InChI is InChI=1S/C8H13BrN2O2/c9-8-3-2-7(6-11-8)12-4-1-5-13-10/h2-3,6,8,11H,1,4-5,10H2. The summed E-state index contributed by atoms with van der Waals surface area (Å²) in [7, 11) is 0. The Morgan fingerprint density at radius 1 is 1.54 bits per heavy atom. The summed E-state index contributed by atoms with van der Waals surface area (Å²) in [6, 6.07) is 0. The second-order valence-electron chi connectivity index (χ2n) is 2.55. The maximum Gasteiger partial charge on any atom is 0.134 e. The van der Waals surface area contributed by atoms with Crippen LogP contribution in [0.25, 0.3) is 0 Å². The summed E-state index contributed by atoms with van der Waals surface area (Å²) in [5.41, 5.74) is 0. The van der Waals surface area contributed by atoms with Gasteiger partial charge in [0.1, 0.15) is 10.7 Å². The lowest BCUT2D eigenvalue weighted by atomic mass is 10.3. The third-order valence-electron chi connectivity index (χ3n) is 1.49. The molecule has 0 bridgehead atoms. The number of ether oxygens (including phenoxy) is 1. The molecule has 0 fully saturated rings. The van der Waals surface area contributed by atoms with Gasteiger partial charge in [0.25, 0.3) is 0 Å². The molecule has 0 radical (unpaired) electrons. The van der Waals surface area contributed by atoms with Gasteiger partial charge in [0, 0.05) is 12.6 Å². The van der Waals surface area contributed by atoms with Crippen LogP contribution in [0.15, 0.2) is 24.1 Å². The number of dihydropyridines is 1. The van der Waals surface area contributed by atoms with Crippen LogP contribution >= 0.6 is 15.9 Å². The molecule has 1 atom stereocenters. The number of nitrogens with two attached hydrogens (primary N) is 1. The maximum absolute atomic E-state index is 5.39. The predicted molar refractivity (Wildman–Crippen MR) is 53.8 cm³/mol.